The minimum Gasteiger partial charge on any atom is -0.370 e. The number of primary amides is 1. The number of amides is 1. The predicted molar refractivity (Wildman–Crippen MR) is 70.8 cm³/mol. The first-order chi connectivity index (χ1) is 7.89. The number of carbonyl (C=O) groups excluding carboxylic acids is 1. The predicted octanol–water partition coefficient (Wildman–Crippen LogP) is 2.00. The lowest BCUT2D eigenvalue weighted by Gasteiger charge is -2.30. The van der Waals surface area contributed by atoms with E-state index in [1.807, 2.05) is 13.8 Å². The van der Waals surface area contributed by atoms with Crippen LogP contribution < -0.4 is 11.1 Å². The molecular weight excluding hydrogens is 212 g/mol. The minimum absolute atomic E-state index is 0.285. The quantitative estimate of drug-likeness (QED) is 0.818. The monoisotopic (exact) mass is 234 g/mol. The number of aryl methyl sites for hydroxylation is 2. The Hall–Kier alpha value is -1.35. The van der Waals surface area contributed by atoms with Crippen LogP contribution in [-0.4, -0.2) is 12.5 Å². The minimum atomic E-state index is -0.376. The third-order valence-corrected chi connectivity index (χ3v) is 3.24. The van der Waals surface area contributed by atoms with Gasteiger partial charge in [0.05, 0.1) is 0 Å². The van der Waals surface area contributed by atoms with E-state index in [1.54, 1.807) is 0 Å². The molecule has 0 aromatic heterocycles. The Morgan fingerprint density at radius 1 is 1.35 bits per heavy atom. The van der Waals surface area contributed by atoms with Gasteiger partial charge in [-0.05, 0) is 44.0 Å². The summed E-state index contributed by atoms with van der Waals surface area (Å²) < 4.78 is 0. The highest BCUT2D eigenvalue weighted by atomic mass is 16.1. The number of nitrogens with one attached hydrogen (secondary N) is 1. The Balaban J connectivity index is 3.12. The van der Waals surface area contributed by atoms with Crippen molar-refractivity contribution in [3.8, 4) is 0 Å². The number of hydrogen-bond donors (Lipinski definition) is 2. The van der Waals surface area contributed by atoms with Crippen LogP contribution in [0.25, 0.3) is 0 Å². The van der Waals surface area contributed by atoms with Crippen LogP contribution in [0.5, 0.6) is 0 Å². The summed E-state index contributed by atoms with van der Waals surface area (Å²) in [5.41, 5.74) is 8.56. The van der Waals surface area contributed by atoms with Crippen molar-refractivity contribution in [2.45, 2.75) is 39.7 Å². The van der Waals surface area contributed by atoms with Crippen molar-refractivity contribution in [1.82, 2.24) is 5.32 Å². The van der Waals surface area contributed by atoms with Crippen molar-refractivity contribution in [1.29, 1.82) is 0 Å². The normalized spacial score (nSPS) is 14.4. The van der Waals surface area contributed by atoms with E-state index in [4.69, 9.17) is 5.73 Å². The molecule has 94 valence electrons. The Morgan fingerprint density at radius 2 is 2.00 bits per heavy atom. The molecule has 3 heteroatoms. The number of carbonyl (C=O) groups is 1. The zero-order valence-corrected chi connectivity index (χ0v) is 11.1. The van der Waals surface area contributed by atoms with Crippen LogP contribution in [0.15, 0.2) is 18.2 Å². The second-order valence-electron chi connectivity index (χ2n) is 4.80. The van der Waals surface area contributed by atoms with Crippen LogP contribution in [0.4, 0.5) is 0 Å². The van der Waals surface area contributed by atoms with Crippen LogP contribution in [0, 0.1) is 13.8 Å². The van der Waals surface area contributed by atoms with E-state index in [0.29, 0.717) is 6.42 Å². The SMILES string of the molecule is CCNC(C)(CC(N)=O)c1ccc(C)c(C)c1. The highest BCUT2D eigenvalue weighted by molar-refractivity contribution is 5.75. The lowest BCUT2D eigenvalue weighted by atomic mass is 9.86. The van der Waals surface area contributed by atoms with Gasteiger partial charge < -0.3 is 11.1 Å². The van der Waals surface area contributed by atoms with Crippen LogP contribution >= 0.6 is 0 Å². The fraction of sp³-hybridized carbons (Fsp3) is 0.500. The molecule has 0 saturated heterocycles. The summed E-state index contributed by atoms with van der Waals surface area (Å²) in [7, 11) is 0. The molecule has 1 rings (SSSR count). The van der Waals surface area contributed by atoms with Crippen molar-refractivity contribution in [2.24, 2.45) is 5.73 Å². The molecule has 1 unspecified atom stereocenters. The summed E-state index contributed by atoms with van der Waals surface area (Å²) in [6.07, 6.45) is 0.309. The first-order valence-corrected chi connectivity index (χ1v) is 6.00. The fourth-order valence-electron chi connectivity index (χ4n) is 2.09. The van der Waals surface area contributed by atoms with Crippen molar-refractivity contribution in [3.63, 3.8) is 0 Å². The maximum Gasteiger partial charge on any atom is 0.219 e. The first kappa shape index (κ1) is 13.7. The van der Waals surface area contributed by atoms with Gasteiger partial charge in [0, 0.05) is 12.0 Å². The Labute approximate surface area is 103 Å². The Bertz CT molecular complexity index is 415. The largest absolute Gasteiger partial charge is 0.370 e. The zero-order valence-electron chi connectivity index (χ0n) is 11.1. The van der Waals surface area contributed by atoms with Gasteiger partial charge in [0.2, 0.25) is 5.91 Å². The van der Waals surface area contributed by atoms with Crippen LogP contribution in [0.1, 0.15) is 37.0 Å². The number of rotatable bonds is 5. The molecule has 17 heavy (non-hydrogen) atoms. The molecule has 1 aromatic rings. The highest BCUT2D eigenvalue weighted by Gasteiger charge is 2.27. The van der Waals surface area contributed by atoms with Gasteiger partial charge in [-0.15, -0.1) is 0 Å². The van der Waals surface area contributed by atoms with Crippen LogP contribution in [-0.2, 0) is 10.3 Å². The molecule has 0 bridgehead atoms. The van der Waals surface area contributed by atoms with Gasteiger partial charge in [0.1, 0.15) is 0 Å². The zero-order chi connectivity index (χ0) is 13.1. The standard InChI is InChI=1S/C14H22N2O/c1-5-16-14(4,9-13(15)17)12-7-6-10(2)11(3)8-12/h6-8,16H,5,9H2,1-4H3,(H2,15,17). The van der Waals surface area contributed by atoms with Gasteiger partial charge in [-0.2, -0.15) is 0 Å². The van der Waals surface area contributed by atoms with E-state index >= 15 is 0 Å². The molecule has 0 aliphatic rings. The molecule has 3 N–H and O–H groups in total. The molecule has 0 aliphatic heterocycles. The second kappa shape index (κ2) is 5.32. The van der Waals surface area contributed by atoms with Crippen LogP contribution in [0.2, 0.25) is 0 Å². The number of benzene rings is 1. The van der Waals surface area contributed by atoms with E-state index in [9.17, 15) is 4.79 Å². The van der Waals surface area contributed by atoms with E-state index in [0.717, 1.165) is 12.1 Å². The summed E-state index contributed by atoms with van der Waals surface area (Å²) in [5, 5.41) is 3.35. The van der Waals surface area contributed by atoms with E-state index in [-0.39, 0.29) is 11.4 Å². The second-order valence-corrected chi connectivity index (χ2v) is 4.80. The van der Waals surface area contributed by atoms with Crippen molar-refractivity contribution in [2.75, 3.05) is 6.54 Å². The Morgan fingerprint density at radius 3 is 2.47 bits per heavy atom. The molecule has 3 nitrogen and oxygen atoms in total. The fourth-order valence-corrected chi connectivity index (χ4v) is 2.09. The summed E-state index contributed by atoms with van der Waals surface area (Å²) in [6, 6.07) is 6.27. The molecule has 0 fully saturated rings. The molecule has 0 heterocycles. The average Bonchev–Trinajstić information content (AvgIpc) is 2.21. The van der Waals surface area contributed by atoms with Crippen LogP contribution in [0.3, 0.4) is 0 Å². The van der Waals surface area contributed by atoms with E-state index in [1.165, 1.54) is 11.1 Å². The first-order valence-electron chi connectivity index (χ1n) is 6.00. The molecule has 1 amide bonds. The summed E-state index contributed by atoms with van der Waals surface area (Å²) >= 11 is 0. The van der Waals surface area contributed by atoms with Crippen molar-refractivity contribution >= 4 is 5.91 Å². The third kappa shape index (κ3) is 3.30. The highest BCUT2D eigenvalue weighted by Crippen LogP contribution is 2.26. The summed E-state index contributed by atoms with van der Waals surface area (Å²) in [5.74, 6) is -0.285. The summed E-state index contributed by atoms with van der Waals surface area (Å²) in [4.78, 5) is 11.2. The van der Waals surface area contributed by atoms with Gasteiger partial charge in [0.25, 0.3) is 0 Å². The molecule has 1 atom stereocenters. The maximum atomic E-state index is 11.2. The molecule has 0 spiro atoms. The van der Waals surface area contributed by atoms with E-state index in [2.05, 4.69) is 37.4 Å². The maximum absolute atomic E-state index is 11.2. The van der Waals surface area contributed by atoms with Gasteiger partial charge in [-0.3, -0.25) is 4.79 Å². The van der Waals surface area contributed by atoms with Gasteiger partial charge in [-0.25, -0.2) is 0 Å². The molecule has 0 radical (unpaired) electrons. The molecule has 0 aliphatic carbocycles. The van der Waals surface area contributed by atoms with Gasteiger partial charge in [-0.1, -0.05) is 25.1 Å². The smallest absolute Gasteiger partial charge is 0.219 e. The molecular formula is C14H22N2O. The average molecular weight is 234 g/mol. The summed E-state index contributed by atoms with van der Waals surface area (Å²) in [6.45, 7) is 9.01. The molecule has 1 aromatic carbocycles. The van der Waals surface area contributed by atoms with Crippen molar-refractivity contribution in [3.05, 3.63) is 34.9 Å². The lowest BCUT2D eigenvalue weighted by Crippen LogP contribution is -2.42. The lowest BCUT2D eigenvalue weighted by molar-refractivity contribution is -0.119. The number of nitrogens with two attached hydrogens (primary N) is 1. The van der Waals surface area contributed by atoms with Gasteiger partial charge >= 0.3 is 0 Å². The molecule has 0 saturated carbocycles. The topological polar surface area (TPSA) is 55.1 Å². The Kier molecular flexibility index (Phi) is 4.29. The van der Waals surface area contributed by atoms with E-state index < -0.39 is 0 Å². The third-order valence-electron chi connectivity index (χ3n) is 3.24. The van der Waals surface area contributed by atoms with Gasteiger partial charge in [0.15, 0.2) is 0 Å². The number of hydrogen-bond acceptors (Lipinski definition) is 2. The van der Waals surface area contributed by atoms with Crippen molar-refractivity contribution < 1.29 is 4.79 Å².